The highest BCUT2D eigenvalue weighted by molar-refractivity contribution is 8.09. The van der Waals surface area contributed by atoms with E-state index in [1.165, 1.54) is 12.8 Å². The summed E-state index contributed by atoms with van der Waals surface area (Å²) in [6.07, 6.45) is 4.28. The standard InChI is InChI=1S/C6H14BFS/c1-2-3-4-5-6-7(8)9/h9H,2-6H2,1H3. The fraction of sp³-hybridized carbons (Fsp3) is 1.00. The number of halogens is 1. The molecule has 0 atom stereocenters. The van der Waals surface area contributed by atoms with E-state index in [4.69, 9.17) is 0 Å². The quantitative estimate of drug-likeness (QED) is 0.346. The van der Waals surface area contributed by atoms with Crippen molar-refractivity contribution in [1.82, 2.24) is 0 Å². The zero-order chi connectivity index (χ0) is 7.11. The first kappa shape index (κ1) is 9.34. The zero-order valence-electron chi connectivity index (χ0n) is 5.94. The second-order valence-electron chi connectivity index (χ2n) is 2.28. The van der Waals surface area contributed by atoms with Crippen LogP contribution < -0.4 is 0 Å². The third-order valence-corrected chi connectivity index (χ3v) is 1.55. The Bertz CT molecular complexity index is 59.0. The summed E-state index contributed by atoms with van der Waals surface area (Å²) in [6, 6.07) is 0. The van der Waals surface area contributed by atoms with Gasteiger partial charge < -0.3 is 4.32 Å². The van der Waals surface area contributed by atoms with Gasteiger partial charge in [-0.05, 0) is 6.32 Å². The van der Waals surface area contributed by atoms with Gasteiger partial charge in [-0.3, -0.25) is 0 Å². The Balaban J connectivity index is 2.75. The Labute approximate surface area is 62.7 Å². The van der Waals surface area contributed by atoms with Crippen LogP contribution in [0, 0.1) is 0 Å². The minimum absolute atomic E-state index is 0.614. The second kappa shape index (κ2) is 6.46. The molecule has 3 heteroatoms. The third kappa shape index (κ3) is 8.34. The molecule has 0 radical (unpaired) electrons. The molecule has 0 saturated carbocycles. The molecule has 0 bridgehead atoms. The van der Waals surface area contributed by atoms with E-state index in [1.807, 2.05) is 0 Å². The third-order valence-electron chi connectivity index (χ3n) is 1.30. The highest BCUT2D eigenvalue weighted by Gasteiger charge is 2.04. The normalized spacial score (nSPS) is 9.67. The minimum atomic E-state index is -0.901. The molecule has 0 spiro atoms. The van der Waals surface area contributed by atoms with E-state index < -0.39 is 6.27 Å². The second-order valence-corrected chi connectivity index (χ2v) is 2.84. The van der Waals surface area contributed by atoms with E-state index in [0.717, 1.165) is 12.8 Å². The van der Waals surface area contributed by atoms with Crippen LogP contribution in [0.15, 0.2) is 0 Å². The molecule has 0 unspecified atom stereocenters. The summed E-state index contributed by atoms with van der Waals surface area (Å²) >= 11 is 3.63. The van der Waals surface area contributed by atoms with E-state index in [2.05, 4.69) is 19.4 Å². The molecule has 0 aliphatic heterocycles. The van der Waals surface area contributed by atoms with E-state index in [-0.39, 0.29) is 0 Å². The molecule has 0 aliphatic rings. The number of thiol groups is 1. The van der Waals surface area contributed by atoms with Gasteiger partial charge in [0.05, 0.1) is 0 Å². The molecule has 0 rings (SSSR count). The predicted molar refractivity (Wildman–Crippen MR) is 44.8 cm³/mol. The summed E-state index contributed by atoms with van der Waals surface area (Å²) in [5.41, 5.74) is 0. The Morgan fingerprint density at radius 1 is 1.33 bits per heavy atom. The molecule has 9 heavy (non-hydrogen) atoms. The van der Waals surface area contributed by atoms with Gasteiger partial charge in [0.15, 0.2) is 0 Å². The van der Waals surface area contributed by atoms with Crippen molar-refractivity contribution >= 4 is 18.7 Å². The van der Waals surface area contributed by atoms with E-state index in [9.17, 15) is 4.32 Å². The van der Waals surface area contributed by atoms with Crippen LogP contribution in [0.5, 0.6) is 0 Å². The molecule has 0 N–H and O–H groups in total. The number of rotatable bonds is 5. The summed E-state index contributed by atoms with van der Waals surface area (Å²) in [4.78, 5) is 0. The molecule has 0 aliphatic carbocycles. The molecule has 0 saturated heterocycles. The lowest BCUT2D eigenvalue weighted by Crippen LogP contribution is -1.92. The molecule has 0 aromatic rings. The summed E-state index contributed by atoms with van der Waals surface area (Å²) < 4.78 is 12.0. The first-order chi connectivity index (χ1) is 4.27. The molecule has 0 nitrogen and oxygen atoms in total. The maximum absolute atomic E-state index is 12.0. The highest BCUT2D eigenvalue weighted by Crippen LogP contribution is 2.08. The van der Waals surface area contributed by atoms with Crippen molar-refractivity contribution in [1.29, 1.82) is 0 Å². The molecule has 0 amide bonds. The van der Waals surface area contributed by atoms with Gasteiger partial charge in [-0.15, -0.1) is 0 Å². The van der Waals surface area contributed by atoms with Gasteiger partial charge in [-0.1, -0.05) is 32.6 Å². The molecule has 54 valence electrons. The van der Waals surface area contributed by atoms with Gasteiger partial charge in [0, 0.05) is 0 Å². The van der Waals surface area contributed by atoms with Gasteiger partial charge in [0.2, 0.25) is 0 Å². The average Bonchev–Trinajstić information content (AvgIpc) is 1.80. The van der Waals surface area contributed by atoms with Crippen LogP contribution in [0.2, 0.25) is 6.32 Å². The summed E-state index contributed by atoms with van der Waals surface area (Å²) in [7, 11) is 0. The minimum Gasteiger partial charge on any atom is -0.320 e. The summed E-state index contributed by atoms with van der Waals surface area (Å²) in [6.45, 7) is 2.15. The van der Waals surface area contributed by atoms with Crippen molar-refractivity contribution in [3.63, 3.8) is 0 Å². The highest BCUT2D eigenvalue weighted by atomic mass is 32.1. The van der Waals surface area contributed by atoms with Gasteiger partial charge in [0.1, 0.15) is 0 Å². The number of hydrogen-bond donors (Lipinski definition) is 1. The van der Waals surface area contributed by atoms with E-state index in [1.54, 1.807) is 0 Å². The Morgan fingerprint density at radius 2 is 2.00 bits per heavy atom. The largest absolute Gasteiger partial charge is 0.409 e. The van der Waals surface area contributed by atoms with Crippen molar-refractivity contribution in [2.75, 3.05) is 0 Å². The number of hydrogen-bond acceptors (Lipinski definition) is 1. The fourth-order valence-electron chi connectivity index (χ4n) is 0.740. The van der Waals surface area contributed by atoms with Crippen molar-refractivity contribution in [2.24, 2.45) is 0 Å². The summed E-state index contributed by atoms with van der Waals surface area (Å²) in [5.74, 6) is 0. The van der Waals surface area contributed by atoms with Crippen LogP contribution in [0.1, 0.15) is 32.6 Å². The number of unbranched alkanes of at least 4 members (excludes halogenated alkanes) is 3. The summed E-state index contributed by atoms with van der Waals surface area (Å²) in [5, 5.41) is 0. The van der Waals surface area contributed by atoms with Gasteiger partial charge in [0.25, 0.3) is 0 Å². The molecular formula is C6H14BFS. The molecular weight excluding hydrogens is 134 g/mol. The van der Waals surface area contributed by atoms with Crippen molar-refractivity contribution in [3.8, 4) is 0 Å². The smallest absolute Gasteiger partial charge is 0.320 e. The van der Waals surface area contributed by atoms with Crippen LogP contribution in [0.3, 0.4) is 0 Å². The molecule has 0 aromatic heterocycles. The van der Waals surface area contributed by atoms with Gasteiger partial charge in [-0.2, -0.15) is 12.5 Å². The van der Waals surface area contributed by atoms with Crippen LogP contribution >= 0.6 is 12.5 Å². The lowest BCUT2D eigenvalue weighted by Gasteiger charge is -1.95. The first-order valence-corrected chi connectivity index (χ1v) is 4.11. The predicted octanol–water partition coefficient (Wildman–Crippen LogP) is 2.95. The Morgan fingerprint density at radius 3 is 2.44 bits per heavy atom. The maximum Gasteiger partial charge on any atom is 0.409 e. The molecule has 0 heterocycles. The topological polar surface area (TPSA) is 0 Å². The molecule has 0 aromatic carbocycles. The fourth-order valence-corrected chi connectivity index (χ4v) is 0.922. The SMILES string of the molecule is CCCCCCB(F)S. The van der Waals surface area contributed by atoms with Crippen molar-refractivity contribution < 1.29 is 4.32 Å². The maximum atomic E-state index is 12.0. The zero-order valence-corrected chi connectivity index (χ0v) is 6.83. The average molecular weight is 148 g/mol. The molecule has 0 fully saturated rings. The monoisotopic (exact) mass is 148 g/mol. The van der Waals surface area contributed by atoms with E-state index >= 15 is 0 Å². The lowest BCUT2D eigenvalue weighted by atomic mass is 9.92. The Hall–Kier alpha value is 0.345. The first-order valence-electron chi connectivity index (χ1n) is 3.59. The van der Waals surface area contributed by atoms with Crippen LogP contribution in [0.4, 0.5) is 4.32 Å². The van der Waals surface area contributed by atoms with Gasteiger partial charge in [-0.25, -0.2) is 0 Å². The van der Waals surface area contributed by atoms with Crippen LogP contribution in [-0.2, 0) is 0 Å². The van der Waals surface area contributed by atoms with Crippen LogP contribution in [0.25, 0.3) is 0 Å². The van der Waals surface area contributed by atoms with Crippen molar-refractivity contribution in [2.45, 2.75) is 38.9 Å². The Kier molecular flexibility index (Phi) is 6.71. The van der Waals surface area contributed by atoms with E-state index in [0.29, 0.717) is 6.32 Å². The van der Waals surface area contributed by atoms with Crippen LogP contribution in [-0.4, -0.2) is 6.27 Å². The van der Waals surface area contributed by atoms with Crippen molar-refractivity contribution in [3.05, 3.63) is 0 Å². The van der Waals surface area contributed by atoms with Gasteiger partial charge >= 0.3 is 6.27 Å². The lowest BCUT2D eigenvalue weighted by molar-refractivity contribution is 0.689.